The second-order valence-electron chi connectivity index (χ2n) is 2.41. The van der Waals surface area contributed by atoms with Gasteiger partial charge in [0.2, 0.25) is 0 Å². The van der Waals surface area contributed by atoms with Crippen molar-refractivity contribution < 1.29 is 14.3 Å². The molecule has 0 saturated carbocycles. The number of hydrogen-bond acceptors (Lipinski definition) is 6. The van der Waals surface area contributed by atoms with Crippen molar-refractivity contribution in [1.29, 1.82) is 0 Å². The van der Waals surface area contributed by atoms with Gasteiger partial charge >= 0.3 is 11.1 Å². The van der Waals surface area contributed by atoms with Crippen LogP contribution in [0, 0.1) is 10.4 Å². The Morgan fingerprint density at radius 2 is 2.50 bits per heavy atom. The summed E-state index contributed by atoms with van der Waals surface area (Å²) < 4.78 is 5.06. The normalized spacial score (nSPS) is 9.86. The fraction of sp³-hybridized carbons (Fsp3) is 0.429. The summed E-state index contributed by atoms with van der Waals surface area (Å²) in [4.78, 5) is 11.0. The smallest absolute Gasteiger partial charge is 0.332 e. The maximum Gasteiger partial charge on any atom is 0.332 e. The summed E-state index contributed by atoms with van der Waals surface area (Å²) in [6.45, 7) is 1.95. The van der Waals surface area contributed by atoms with Crippen LogP contribution in [0.3, 0.4) is 0 Å². The van der Waals surface area contributed by atoms with E-state index in [0.29, 0.717) is 4.73 Å². The van der Waals surface area contributed by atoms with E-state index >= 15 is 0 Å². The van der Waals surface area contributed by atoms with Gasteiger partial charge in [0.25, 0.3) is 0 Å². The average molecular weight is 217 g/mol. The van der Waals surface area contributed by atoms with Crippen LogP contribution >= 0.6 is 11.3 Å². The molecule has 7 heteroatoms. The molecule has 1 aromatic heterocycles. The van der Waals surface area contributed by atoms with E-state index in [4.69, 9.17) is 0 Å². The molecule has 6 nitrogen and oxygen atoms in total. The Labute approximate surface area is 84.3 Å². The van der Waals surface area contributed by atoms with Gasteiger partial charge in [-0.2, -0.15) is 0 Å². The molecule has 0 fully saturated rings. The number of ether oxygens (including phenoxy) is 1. The average Bonchev–Trinajstić information content (AvgIpc) is 2.48. The molecule has 0 aliphatic carbocycles. The van der Waals surface area contributed by atoms with Crippen LogP contribution in [0.4, 0.5) is 5.13 Å². The van der Waals surface area contributed by atoms with Crippen molar-refractivity contribution in [1.82, 2.24) is 0 Å². The third-order valence-corrected chi connectivity index (χ3v) is 2.33. The van der Waals surface area contributed by atoms with E-state index in [1.807, 2.05) is 0 Å². The Bertz CT molecular complexity index is 325. The molecule has 1 N–H and O–H groups in total. The van der Waals surface area contributed by atoms with Crippen molar-refractivity contribution in [3.63, 3.8) is 0 Å². The molecule has 0 atom stereocenters. The molecular weight excluding hydrogens is 208 g/mol. The summed E-state index contributed by atoms with van der Waals surface area (Å²) in [5.74, 6) is -0.479. The SMILES string of the molecule is CCOC(=O)Cc1csc(N[O-])[n+]1[O-]. The highest BCUT2D eigenvalue weighted by Crippen LogP contribution is 2.12. The Hall–Kier alpha value is -1.34. The number of nitrogens with one attached hydrogen (secondary N) is 1. The number of hydrogen-bond donors (Lipinski definition) is 1. The Balaban J connectivity index is 2.67. The first-order valence-corrected chi connectivity index (χ1v) is 4.80. The van der Waals surface area contributed by atoms with Gasteiger partial charge < -0.3 is 20.6 Å². The molecule has 0 saturated heterocycles. The van der Waals surface area contributed by atoms with Gasteiger partial charge in [-0.3, -0.25) is 4.79 Å². The first kappa shape index (κ1) is 10.7. The fourth-order valence-corrected chi connectivity index (χ4v) is 1.58. The molecule has 1 aromatic rings. The summed E-state index contributed by atoms with van der Waals surface area (Å²) in [7, 11) is 0. The van der Waals surface area contributed by atoms with Gasteiger partial charge in [-0.25, -0.2) is 4.73 Å². The number of aromatic nitrogens is 1. The van der Waals surface area contributed by atoms with Crippen LogP contribution in [0.2, 0.25) is 0 Å². The molecule has 0 radical (unpaired) electrons. The summed E-state index contributed by atoms with van der Waals surface area (Å²) >= 11 is 0.955. The minimum atomic E-state index is -0.479. The van der Waals surface area contributed by atoms with Crippen molar-refractivity contribution in [2.45, 2.75) is 13.3 Å². The lowest BCUT2D eigenvalue weighted by Crippen LogP contribution is -2.32. The molecule has 0 bridgehead atoms. The van der Waals surface area contributed by atoms with Gasteiger partial charge in [0.15, 0.2) is 0 Å². The molecular formula is C7H9N2O4S-. The fourth-order valence-electron chi connectivity index (χ4n) is 0.889. The maximum atomic E-state index is 11.2. The lowest BCUT2D eigenvalue weighted by atomic mass is 10.3. The highest BCUT2D eigenvalue weighted by Gasteiger charge is 2.13. The Kier molecular flexibility index (Phi) is 3.66. The number of nitrogens with zero attached hydrogens (tertiary/aromatic N) is 1. The molecule has 0 aliphatic heterocycles. The van der Waals surface area contributed by atoms with Crippen molar-refractivity contribution in [3.05, 3.63) is 21.5 Å². The quantitative estimate of drug-likeness (QED) is 0.341. The molecule has 0 unspecified atom stereocenters. The minimum Gasteiger partial charge on any atom is -0.710 e. The zero-order chi connectivity index (χ0) is 10.6. The van der Waals surface area contributed by atoms with E-state index in [0.717, 1.165) is 11.3 Å². The third-order valence-electron chi connectivity index (χ3n) is 1.47. The highest BCUT2D eigenvalue weighted by atomic mass is 32.1. The molecule has 1 rings (SSSR count). The number of carbonyl (C=O) groups excluding carboxylic acids is 1. The summed E-state index contributed by atoms with van der Waals surface area (Å²) in [6.07, 6.45) is -0.116. The van der Waals surface area contributed by atoms with E-state index in [2.05, 4.69) is 4.74 Å². The van der Waals surface area contributed by atoms with Crippen LogP contribution in [-0.2, 0) is 16.0 Å². The number of anilines is 1. The molecule has 78 valence electrons. The zero-order valence-electron chi connectivity index (χ0n) is 7.48. The number of rotatable bonds is 4. The second-order valence-corrected chi connectivity index (χ2v) is 3.27. The van der Waals surface area contributed by atoms with E-state index in [1.165, 1.54) is 10.9 Å². The Morgan fingerprint density at radius 3 is 3.00 bits per heavy atom. The first-order chi connectivity index (χ1) is 6.69. The van der Waals surface area contributed by atoms with Crippen molar-refractivity contribution in [2.24, 2.45) is 0 Å². The predicted octanol–water partition coefficient (Wildman–Crippen LogP) is 0.397. The van der Waals surface area contributed by atoms with Crippen LogP contribution in [0.5, 0.6) is 0 Å². The van der Waals surface area contributed by atoms with Crippen molar-refractivity contribution >= 4 is 22.4 Å². The summed E-state index contributed by atoms with van der Waals surface area (Å²) in [5.41, 5.74) is 1.70. The van der Waals surface area contributed by atoms with E-state index < -0.39 is 5.97 Å². The van der Waals surface area contributed by atoms with Gasteiger partial charge in [-0.15, -0.1) is 0 Å². The number of esters is 1. The minimum absolute atomic E-state index is 0.0794. The van der Waals surface area contributed by atoms with Crippen LogP contribution in [0.1, 0.15) is 12.6 Å². The first-order valence-electron chi connectivity index (χ1n) is 3.92. The van der Waals surface area contributed by atoms with Gasteiger partial charge in [-0.1, -0.05) is 11.3 Å². The molecule has 0 amide bonds. The maximum absolute atomic E-state index is 11.2. The number of carbonyl (C=O) groups is 1. The van der Waals surface area contributed by atoms with Crippen LogP contribution < -0.4 is 10.2 Å². The van der Waals surface area contributed by atoms with Crippen LogP contribution in [0.15, 0.2) is 5.38 Å². The highest BCUT2D eigenvalue weighted by molar-refractivity contribution is 7.13. The van der Waals surface area contributed by atoms with Gasteiger partial charge in [0.05, 0.1) is 6.61 Å². The van der Waals surface area contributed by atoms with E-state index in [9.17, 15) is 15.2 Å². The predicted molar refractivity (Wildman–Crippen MR) is 50.6 cm³/mol. The lowest BCUT2D eigenvalue weighted by molar-refractivity contribution is -0.593. The standard InChI is InChI=1S/C7H9N2O4S/c1-2-13-6(10)3-5-4-14-7(8-11)9(5)12/h4,8H,2-3H2,1H3/q-1. The summed E-state index contributed by atoms with van der Waals surface area (Å²) in [5, 5.41) is 22.8. The largest absolute Gasteiger partial charge is 0.710 e. The molecule has 0 aliphatic rings. The second kappa shape index (κ2) is 4.77. The van der Waals surface area contributed by atoms with Gasteiger partial charge in [0.1, 0.15) is 12.1 Å². The monoisotopic (exact) mass is 217 g/mol. The van der Waals surface area contributed by atoms with Crippen molar-refractivity contribution in [3.8, 4) is 0 Å². The molecule has 14 heavy (non-hydrogen) atoms. The summed E-state index contributed by atoms with van der Waals surface area (Å²) in [6, 6.07) is 0. The molecule has 1 heterocycles. The lowest BCUT2D eigenvalue weighted by Gasteiger charge is -2.07. The van der Waals surface area contributed by atoms with E-state index in [1.54, 1.807) is 6.92 Å². The Morgan fingerprint density at radius 1 is 1.79 bits per heavy atom. The van der Waals surface area contributed by atoms with Gasteiger partial charge in [-0.05, 0) is 6.92 Å². The van der Waals surface area contributed by atoms with Gasteiger partial charge in [0, 0.05) is 5.38 Å². The van der Waals surface area contributed by atoms with Crippen LogP contribution in [-0.4, -0.2) is 12.6 Å². The number of thiazole rings is 1. The van der Waals surface area contributed by atoms with E-state index in [-0.39, 0.29) is 23.9 Å². The van der Waals surface area contributed by atoms with Crippen LogP contribution in [0.25, 0.3) is 0 Å². The molecule has 0 spiro atoms. The molecule has 0 aromatic carbocycles. The zero-order valence-corrected chi connectivity index (χ0v) is 8.30. The topological polar surface area (TPSA) is 88.3 Å². The van der Waals surface area contributed by atoms with Crippen molar-refractivity contribution in [2.75, 3.05) is 12.1 Å². The third kappa shape index (κ3) is 2.33.